The third-order valence-electron chi connectivity index (χ3n) is 10.2. The van der Waals surface area contributed by atoms with E-state index < -0.39 is 64.7 Å². The second-order valence-electron chi connectivity index (χ2n) is 12.4. The Morgan fingerprint density at radius 1 is 0.959 bits per heavy atom. The van der Waals surface area contributed by atoms with Gasteiger partial charge in [0.05, 0.1) is 48.1 Å². The largest absolute Gasteiger partial charge is 0.508 e. The van der Waals surface area contributed by atoms with Crippen molar-refractivity contribution >= 4 is 74.5 Å². The van der Waals surface area contributed by atoms with Crippen LogP contribution in [0.4, 0.5) is 10.5 Å². The minimum absolute atomic E-state index is 0.0184. The number of aromatic hydroxyl groups is 1. The Labute approximate surface area is 298 Å². The number of hydrogen-bond acceptors (Lipinski definition) is 9. The Morgan fingerprint density at radius 2 is 1.69 bits per heavy atom. The van der Waals surface area contributed by atoms with E-state index in [1.807, 2.05) is 6.08 Å². The van der Waals surface area contributed by atoms with Crippen LogP contribution < -0.4 is 10.2 Å². The molecule has 2 heterocycles. The highest BCUT2D eigenvalue weighted by Crippen LogP contribution is 2.65. The molecule has 5 amide bonds. The molecular formula is C35H28BrCl2N3O8. The summed E-state index contributed by atoms with van der Waals surface area (Å²) in [4.78, 5) is 70.4. The number of fused-ring (bicyclic) bond motifs is 4. The van der Waals surface area contributed by atoms with Gasteiger partial charge in [0.25, 0.3) is 11.8 Å². The number of carbonyl (C=O) groups is 5. The lowest BCUT2D eigenvalue weighted by Gasteiger charge is -2.50. The average Bonchev–Trinajstić information content (AvgIpc) is 3.47. The number of benzene rings is 3. The SMILES string of the molecule is COC(=O)N1C(=O)C2CC=C3C(CC4C(=O)N(Nc5ccc(Cl)cc5Cl)C(=O)C4(c4ccc(OC)cc4)C3c3cc(Br)ccc3O)C2C1=O. The normalized spacial score (nSPS) is 27.4. The van der Waals surface area contributed by atoms with E-state index in [1.165, 1.54) is 19.2 Å². The lowest BCUT2D eigenvalue weighted by Crippen LogP contribution is -2.53. The second kappa shape index (κ2) is 12.2. The van der Waals surface area contributed by atoms with Crippen molar-refractivity contribution in [3.05, 3.63) is 98.0 Å². The molecule has 2 saturated heterocycles. The first-order valence-electron chi connectivity index (χ1n) is 15.3. The van der Waals surface area contributed by atoms with Gasteiger partial charge < -0.3 is 14.6 Å². The molecule has 11 nitrogen and oxygen atoms in total. The molecule has 4 aliphatic rings. The molecule has 7 rings (SSSR count). The number of likely N-dealkylation sites (tertiary alicyclic amines) is 1. The third kappa shape index (κ3) is 4.86. The van der Waals surface area contributed by atoms with E-state index >= 15 is 4.79 Å². The highest BCUT2D eigenvalue weighted by molar-refractivity contribution is 9.10. The summed E-state index contributed by atoms with van der Waals surface area (Å²) in [6.45, 7) is 0. The maximum absolute atomic E-state index is 15.2. The molecule has 3 fully saturated rings. The van der Waals surface area contributed by atoms with Gasteiger partial charge in [0.1, 0.15) is 11.5 Å². The number of methoxy groups -OCH3 is 2. The number of phenolic OH excluding ortho intramolecular Hbond substituents is 1. The fourth-order valence-electron chi connectivity index (χ4n) is 8.22. The van der Waals surface area contributed by atoms with Crippen LogP contribution in [-0.4, -0.2) is 59.0 Å². The summed E-state index contributed by atoms with van der Waals surface area (Å²) in [5.74, 6) is -6.98. The number of amides is 5. The standard InChI is InChI=1S/C35H28BrCl2N3O8/c1-48-19-7-3-16(4-8-19)35-24(31(44)41(33(35)46)39-26-11-6-18(37)14-25(26)38)15-22-20(29(35)23-13-17(36)5-12-27(23)42)9-10-21-28(22)32(45)40(30(21)43)34(47)49-2/h3-9,11-14,21-22,24,28-29,39,42H,10,15H2,1-2H3. The maximum Gasteiger partial charge on any atom is 0.423 e. The van der Waals surface area contributed by atoms with Gasteiger partial charge in [0.15, 0.2) is 0 Å². The topological polar surface area (TPSA) is 143 Å². The molecule has 3 aromatic rings. The molecule has 1 saturated carbocycles. The second-order valence-corrected chi connectivity index (χ2v) is 14.2. The fraction of sp³-hybridized carbons (Fsp3) is 0.286. The molecule has 2 N–H and O–H groups in total. The Hall–Kier alpha value is -4.39. The highest BCUT2D eigenvalue weighted by atomic mass is 79.9. The zero-order chi connectivity index (χ0) is 34.9. The van der Waals surface area contributed by atoms with Crippen molar-refractivity contribution in [2.24, 2.45) is 23.7 Å². The van der Waals surface area contributed by atoms with E-state index in [2.05, 4.69) is 21.4 Å². The summed E-state index contributed by atoms with van der Waals surface area (Å²) in [5.41, 5.74) is 2.91. The van der Waals surface area contributed by atoms with Crippen LogP contribution >= 0.6 is 39.1 Å². The zero-order valence-corrected chi connectivity index (χ0v) is 29.1. The first kappa shape index (κ1) is 33.1. The molecule has 14 heteroatoms. The van der Waals surface area contributed by atoms with Gasteiger partial charge in [-0.3, -0.25) is 24.6 Å². The predicted octanol–water partition coefficient (Wildman–Crippen LogP) is 6.22. The Bertz CT molecular complexity index is 1990. The van der Waals surface area contributed by atoms with Crippen LogP contribution in [0.2, 0.25) is 10.0 Å². The van der Waals surface area contributed by atoms with Crippen molar-refractivity contribution < 1.29 is 38.6 Å². The summed E-state index contributed by atoms with van der Waals surface area (Å²) in [7, 11) is 2.60. The number of carbonyl (C=O) groups excluding carboxylic acids is 5. The van der Waals surface area contributed by atoms with Crippen LogP contribution in [0, 0.1) is 23.7 Å². The predicted molar refractivity (Wildman–Crippen MR) is 181 cm³/mol. The van der Waals surface area contributed by atoms with Crippen LogP contribution in [0.15, 0.2) is 76.8 Å². The van der Waals surface area contributed by atoms with Gasteiger partial charge in [0, 0.05) is 21.0 Å². The first-order valence-corrected chi connectivity index (χ1v) is 16.9. The van der Waals surface area contributed by atoms with E-state index in [9.17, 15) is 24.3 Å². The third-order valence-corrected chi connectivity index (χ3v) is 11.3. The number of hydrogen-bond donors (Lipinski definition) is 2. The number of halogens is 3. The molecule has 0 radical (unpaired) electrons. The van der Waals surface area contributed by atoms with E-state index in [4.69, 9.17) is 32.7 Å². The molecule has 2 aliphatic carbocycles. The minimum Gasteiger partial charge on any atom is -0.508 e. The molecule has 252 valence electrons. The smallest absolute Gasteiger partial charge is 0.423 e. The fourth-order valence-corrected chi connectivity index (χ4v) is 9.05. The van der Waals surface area contributed by atoms with Gasteiger partial charge in [-0.15, -0.1) is 0 Å². The molecule has 6 atom stereocenters. The summed E-state index contributed by atoms with van der Waals surface area (Å²) >= 11 is 16.1. The van der Waals surface area contributed by atoms with Crippen molar-refractivity contribution in [2.45, 2.75) is 24.2 Å². The number of imide groups is 4. The molecule has 0 spiro atoms. The van der Waals surface area contributed by atoms with Crippen LogP contribution in [0.5, 0.6) is 11.5 Å². The monoisotopic (exact) mass is 767 g/mol. The van der Waals surface area contributed by atoms with Crippen LogP contribution in [0.3, 0.4) is 0 Å². The Kier molecular flexibility index (Phi) is 8.24. The zero-order valence-electron chi connectivity index (χ0n) is 26.0. The summed E-state index contributed by atoms with van der Waals surface area (Å²) < 4.78 is 10.8. The van der Waals surface area contributed by atoms with Gasteiger partial charge in [-0.25, -0.2) is 4.79 Å². The number of allylic oxidation sites excluding steroid dienone is 2. The van der Waals surface area contributed by atoms with Gasteiger partial charge in [-0.2, -0.15) is 9.91 Å². The van der Waals surface area contributed by atoms with Crippen molar-refractivity contribution in [1.29, 1.82) is 0 Å². The minimum atomic E-state index is -1.66. The van der Waals surface area contributed by atoms with Gasteiger partial charge >= 0.3 is 6.09 Å². The number of nitrogens with zero attached hydrogens (tertiary/aromatic N) is 2. The molecule has 0 bridgehead atoms. The first-order chi connectivity index (χ1) is 23.4. The van der Waals surface area contributed by atoms with Crippen molar-refractivity contribution in [3.8, 4) is 11.5 Å². The van der Waals surface area contributed by atoms with Gasteiger partial charge in [-0.1, -0.05) is 62.9 Å². The maximum atomic E-state index is 15.2. The number of ether oxygens (including phenoxy) is 2. The Balaban J connectivity index is 1.47. The van der Waals surface area contributed by atoms with E-state index in [0.29, 0.717) is 36.8 Å². The number of phenols is 1. The number of rotatable bonds is 5. The lowest BCUT2D eigenvalue weighted by atomic mass is 9.49. The highest BCUT2D eigenvalue weighted by Gasteiger charge is 2.71. The average molecular weight is 769 g/mol. The van der Waals surface area contributed by atoms with Crippen LogP contribution in [-0.2, 0) is 29.3 Å². The summed E-state index contributed by atoms with van der Waals surface area (Å²) in [6.07, 6.45) is 0.801. The molecule has 6 unspecified atom stereocenters. The number of hydrazine groups is 1. The molecule has 49 heavy (non-hydrogen) atoms. The number of anilines is 1. The summed E-state index contributed by atoms with van der Waals surface area (Å²) in [5, 5.41) is 12.9. The van der Waals surface area contributed by atoms with Crippen molar-refractivity contribution in [3.63, 3.8) is 0 Å². The van der Waals surface area contributed by atoms with Crippen molar-refractivity contribution in [2.75, 3.05) is 19.6 Å². The van der Waals surface area contributed by atoms with Crippen molar-refractivity contribution in [1.82, 2.24) is 9.91 Å². The van der Waals surface area contributed by atoms with E-state index in [-0.39, 0.29) is 29.3 Å². The molecular weight excluding hydrogens is 741 g/mol. The molecule has 3 aromatic carbocycles. The lowest BCUT2D eigenvalue weighted by molar-refractivity contribution is -0.140. The van der Waals surface area contributed by atoms with Gasteiger partial charge in [0.2, 0.25) is 11.8 Å². The van der Waals surface area contributed by atoms with Gasteiger partial charge in [-0.05, 0) is 72.9 Å². The Morgan fingerprint density at radius 3 is 2.37 bits per heavy atom. The van der Waals surface area contributed by atoms with E-state index in [0.717, 1.165) is 12.1 Å². The number of nitrogens with one attached hydrogen (secondary N) is 1. The molecule has 2 aliphatic heterocycles. The molecule has 0 aromatic heterocycles. The summed E-state index contributed by atoms with van der Waals surface area (Å²) in [6, 6.07) is 16.2. The van der Waals surface area contributed by atoms with E-state index in [1.54, 1.807) is 48.5 Å². The quantitative estimate of drug-likeness (QED) is 0.229. The van der Waals surface area contributed by atoms with Crippen LogP contribution in [0.25, 0.3) is 0 Å². The van der Waals surface area contributed by atoms with Crippen LogP contribution in [0.1, 0.15) is 29.9 Å².